The summed E-state index contributed by atoms with van der Waals surface area (Å²) in [6.07, 6.45) is 2.77. The van der Waals surface area contributed by atoms with Crippen LogP contribution in [0, 0.1) is 0 Å². The number of hydrogen-bond donors (Lipinski definition) is 2. The maximum Gasteiger partial charge on any atom is 0.322 e. The fraction of sp³-hybridized carbons (Fsp3) is 0.750. The molecule has 2 atom stereocenters. The molecule has 3 aliphatic heterocycles. The molecule has 0 aliphatic carbocycles. The fourth-order valence-electron chi connectivity index (χ4n) is 2.97. The Balaban J connectivity index is 1.60. The monoisotopic (exact) mass is 267 g/mol. The van der Waals surface area contributed by atoms with Gasteiger partial charge >= 0.3 is 6.03 Å². The molecule has 0 aromatic carbocycles. The number of urea groups is 1. The molecule has 3 fully saturated rings. The Morgan fingerprint density at radius 2 is 2.32 bits per heavy atom. The van der Waals surface area contributed by atoms with Crippen LogP contribution in [0.15, 0.2) is 0 Å². The summed E-state index contributed by atoms with van der Waals surface area (Å²) in [6, 6.07) is -0.474. The number of amides is 4. The van der Waals surface area contributed by atoms with Gasteiger partial charge in [0, 0.05) is 13.2 Å². The first-order valence-corrected chi connectivity index (χ1v) is 6.62. The number of carbonyl (C=O) groups excluding carboxylic acids is 3. The van der Waals surface area contributed by atoms with E-state index >= 15 is 0 Å². The predicted octanol–water partition coefficient (Wildman–Crippen LogP) is -0.634. The molecule has 2 unspecified atom stereocenters. The third kappa shape index (κ3) is 2.18. The minimum absolute atomic E-state index is 0.00211. The second-order valence-electron chi connectivity index (χ2n) is 5.39. The van der Waals surface area contributed by atoms with Crippen LogP contribution >= 0.6 is 0 Å². The molecule has 2 N–H and O–H groups in total. The maximum atomic E-state index is 12.1. The van der Waals surface area contributed by atoms with Gasteiger partial charge in [0.25, 0.3) is 5.91 Å². The van der Waals surface area contributed by atoms with Crippen molar-refractivity contribution in [1.82, 2.24) is 15.5 Å². The van der Waals surface area contributed by atoms with Crippen molar-refractivity contribution in [3.63, 3.8) is 0 Å². The number of likely N-dealkylation sites (tertiary alicyclic amines) is 1. The van der Waals surface area contributed by atoms with Crippen LogP contribution < -0.4 is 10.6 Å². The SMILES string of the molecule is O=C1NC(=O)C2(CCN(C(=O)CC3CCCO3)C2)N1. The van der Waals surface area contributed by atoms with Crippen LogP contribution in [-0.2, 0) is 14.3 Å². The lowest BCUT2D eigenvalue weighted by Gasteiger charge is -2.22. The van der Waals surface area contributed by atoms with E-state index in [1.807, 2.05) is 0 Å². The van der Waals surface area contributed by atoms with E-state index in [0.29, 0.717) is 19.4 Å². The minimum Gasteiger partial charge on any atom is -0.378 e. The predicted molar refractivity (Wildman–Crippen MR) is 64.2 cm³/mol. The maximum absolute atomic E-state index is 12.1. The highest BCUT2D eigenvalue weighted by atomic mass is 16.5. The Kier molecular flexibility index (Phi) is 2.93. The first kappa shape index (κ1) is 12.4. The highest BCUT2D eigenvalue weighted by Gasteiger charge is 2.51. The summed E-state index contributed by atoms with van der Waals surface area (Å²) in [4.78, 5) is 36.7. The van der Waals surface area contributed by atoms with Gasteiger partial charge in [0.15, 0.2) is 0 Å². The summed E-state index contributed by atoms with van der Waals surface area (Å²) in [5, 5.41) is 4.86. The third-order valence-corrected chi connectivity index (χ3v) is 4.06. The summed E-state index contributed by atoms with van der Waals surface area (Å²) in [6.45, 7) is 1.48. The molecule has 3 rings (SSSR count). The largest absolute Gasteiger partial charge is 0.378 e. The van der Waals surface area contributed by atoms with Gasteiger partial charge in [-0.3, -0.25) is 14.9 Å². The van der Waals surface area contributed by atoms with Crippen molar-refractivity contribution in [1.29, 1.82) is 0 Å². The number of imide groups is 1. The van der Waals surface area contributed by atoms with Crippen LogP contribution in [-0.4, -0.2) is 54.1 Å². The van der Waals surface area contributed by atoms with E-state index in [-0.39, 0.29) is 24.5 Å². The molecule has 3 aliphatic rings. The van der Waals surface area contributed by atoms with E-state index in [2.05, 4.69) is 10.6 Å². The molecule has 0 bridgehead atoms. The number of carbonyl (C=O) groups is 3. The average molecular weight is 267 g/mol. The number of rotatable bonds is 2. The van der Waals surface area contributed by atoms with E-state index in [0.717, 1.165) is 19.4 Å². The average Bonchev–Trinajstić information content (AvgIpc) is 3.03. The van der Waals surface area contributed by atoms with Crippen LogP contribution in [0.25, 0.3) is 0 Å². The van der Waals surface area contributed by atoms with Gasteiger partial charge in [0.05, 0.1) is 19.1 Å². The second-order valence-corrected chi connectivity index (χ2v) is 5.39. The van der Waals surface area contributed by atoms with Crippen molar-refractivity contribution >= 4 is 17.8 Å². The van der Waals surface area contributed by atoms with Crippen LogP contribution in [0.5, 0.6) is 0 Å². The molecule has 1 spiro atoms. The highest BCUT2D eigenvalue weighted by molar-refractivity contribution is 6.07. The Morgan fingerprint density at radius 1 is 1.47 bits per heavy atom. The molecule has 7 heteroatoms. The molecule has 7 nitrogen and oxygen atoms in total. The number of ether oxygens (including phenoxy) is 1. The lowest BCUT2D eigenvalue weighted by Crippen LogP contribution is -2.49. The van der Waals surface area contributed by atoms with Gasteiger partial charge in [-0.15, -0.1) is 0 Å². The normalized spacial score (nSPS) is 33.9. The Hall–Kier alpha value is -1.63. The Bertz CT molecular complexity index is 433. The first-order valence-electron chi connectivity index (χ1n) is 6.62. The van der Waals surface area contributed by atoms with Crippen LogP contribution in [0.1, 0.15) is 25.7 Å². The molecular weight excluding hydrogens is 250 g/mol. The molecule has 0 radical (unpaired) electrons. The lowest BCUT2D eigenvalue weighted by molar-refractivity contribution is -0.133. The van der Waals surface area contributed by atoms with Gasteiger partial charge in [-0.25, -0.2) is 4.79 Å². The molecule has 3 saturated heterocycles. The second kappa shape index (κ2) is 4.48. The van der Waals surface area contributed by atoms with Gasteiger partial charge in [0.2, 0.25) is 5.91 Å². The summed E-state index contributed by atoms with van der Waals surface area (Å²) < 4.78 is 5.44. The minimum atomic E-state index is -0.913. The van der Waals surface area contributed by atoms with Crippen molar-refractivity contribution in [3.8, 4) is 0 Å². The molecule has 104 valence electrons. The fourth-order valence-corrected chi connectivity index (χ4v) is 2.97. The topological polar surface area (TPSA) is 87.7 Å². The summed E-state index contributed by atoms with van der Waals surface area (Å²) in [7, 11) is 0. The zero-order chi connectivity index (χ0) is 13.5. The van der Waals surface area contributed by atoms with Crippen molar-refractivity contribution in [2.24, 2.45) is 0 Å². The van der Waals surface area contributed by atoms with Crippen LogP contribution in [0.4, 0.5) is 4.79 Å². The van der Waals surface area contributed by atoms with Crippen molar-refractivity contribution in [2.45, 2.75) is 37.3 Å². The van der Waals surface area contributed by atoms with Gasteiger partial charge in [0.1, 0.15) is 5.54 Å². The van der Waals surface area contributed by atoms with Gasteiger partial charge in [-0.1, -0.05) is 0 Å². The quantitative estimate of drug-likeness (QED) is 0.652. The number of nitrogens with one attached hydrogen (secondary N) is 2. The Morgan fingerprint density at radius 3 is 2.95 bits per heavy atom. The van der Waals surface area contributed by atoms with Gasteiger partial charge in [-0.05, 0) is 19.3 Å². The van der Waals surface area contributed by atoms with Crippen molar-refractivity contribution in [2.75, 3.05) is 19.7 Å². The van der Waals surface area contributed by atoms with E-state index in [9.17, 15) is 14.4 Å². The van der Waals surface area contributed by atoms with E-state index in [4.69, 9.17) is 4.74 Å². The summed E-state index contributed by atoms with van der Waals surface area (Å²) >= 11 is 0. The molecule has 0 aromatic heterocycles. The standard InChI is InChI=1S/C12H17N3O4/c16-9(6-8-2-1-5-19-8)15-4-3-12(7-15)10(17)13-11(18)14-12/h8H,1-7H2,(H2,13,14,17,18). The van der Waals surface area contributed by atoms with Crippen molar-refractivity contribution < 1.29 is 19.1 Å². The first-order chi connectivity index (χ1) is 9.09. The van der Waals surface area contributed by atoms with E-state index in [1.54, 1.807) is 4.90 Å². The summed E-state index contributed by atoms with van der Waals surface area (Å²) in [5.41, 5.74) is -0.913. The zero-order valence-corrected chi connectivity index (χ0v) is 10.6. The van der Waals surface area contributed by atoms with E-state index < -0.39 is 11.6 Å². The van der Waals surface area contributed by atoms with Crippen LogP contribution in [0.3, 0.4) is 0 Å². The van der Waals surface area contributed by atoms with Crippen molar-refractivity contribution in [3.05, 3.63) is 0 Å². The molecular formula is C12H17N3O4. The summed E-state index contributed by atoms with van der Waals surface area (Å²) in [5.74, 6) is -0.331. The van der Waals surface area contributed by atoms with Gasteiger partial charge in [-0.2, -0.15) is 0 Å². The molecule has 4 amide bonds. The molecule has 0 aromatic rings. The zero-order valence-electron chi connectivity index (χ0n) is 10.6. The van der Waals surface area contributed by atoms with E-state index in [1.165, 1.54) is 0 Å². The lowest BCUT2D eigenvalue weighted by atomic mass is 9.99. The smallest absolute Gasteiger partial charge is 0.322 e. The molecule has 3 heterocycles. The highest BCUT2D eigenvalue weighted by Crippen LogP contribution is 2.26. The number of hydrogen-bond acceptors (Lipinski definition) is 4. The third-order valence-electron chi connectivity index (χ3n) is 4.06. The molecule has 0 saturated carbocycles. The Labute approximate surface area is 110 Å². The number of nitrogens with zero attached hydrogens (tertiary/aromatic N) is 1. The van der Waals surface area contributed by atoms with Gasteiger partial charge < -0.3 is 15.0 Å². The molecule has 19 heavy (non-hydrogen) atoms. The van der Waals surface area contributed by atoms with Crippen LogP contribution in [0.2, 0.25) is 0 Å².